The summed E-state index contributed by atoms with van der Waals surface area (Å²) in [5.41, 5.74) is 0. The minimum atomic E-state index is -0.637. The van der Waals surface area contributed by atoms with Gasteiger partial charge in [0.25, 0.3) is 0 Å². The number of hydrogen-bond donors (Lipinski definition) is 0. The van der Waals surface area contributed by atoms with Crippen molar-refractivity contribution >= 4 is 27.0 Å². The van der Waals surface area contributed by atoms with Crippen LogP contribution in [0.25, 0.3) is 0 Å². The summed E-state index contributed by atoms with van der Waals surface area (Å²) in [5, 5.41) is 3.14. The van der Waals surface area contributed by atoms with E-state index >= 15 is 0 Å². The molecule has 0 saturated heterocycles. The van der Waals surface area contributed by atoms with E-state index in [-0.39, 0.29) is 0 Å². The Morgan fingerprint density at radius 3 is 1.38 bits per heavy atom. The largest absolute Gasteiger partial charge is 0.108 e. The van der Waals surface area contributed by atoms with E-state index in [0.717, 1.165) is 0 Å². The van der Waals surface area contributed by atoms with Gasteiger partial charge in [-0.2, -0.15) is 0 Å². The van der Waals surface area contributed by atoms with E-state index in [1.165, 1.54) is 0 Å². The predicted molar refractivity (Wildman–Crippen MR) is 76.8 cm³/mol. The van der Waals surface area contributed by atoms with E-state index in [4.69, 9.17) is 0 Å². The van der Waals surface area contributed by atoms with Crippen molar-refractivity contribution in [3.8, 4) is 0 Å². The molecule has 2 heteroatoms. The molecule has 0 unspecified atom stereocenters. The van der Waals surface area contributed by atoms with E-state index in [9.17, 15) is 0 Å². The molecule has 16 heavy (non-hydrogen) atoms. The molecular formula is C14H17Si2. The Balaban J connectivity index is 2.40. The lowest BCUT2D eigenvalue weighted by atomic mass is 10.4. The maximum absolute atomic E-state index is 2.47. The van der Waals surface area contributed by atoms with E-state index in [2.05, 4.69) is 73.8 Å². The van der Waals surface area contributed by atoms with Crippen molar-refractivity contribution in [2.45, 2.75) is 13.1 Å². The van der Waals surface area contributed by atoms with E-state index in [0.29, 0.717) is 0 Å². The summed E-state index contributed by atoms with van der Waals surface area (Å²) in [6.07, 6.45) is 0. The van der Waals surface area contributed by atoms with Gasteiger partial charge in [-0.25, -0.2) is 0 Å². The fourth-order valence-corrected chi connectivity index (χ4v) is 9.99. The first-order valence-electron chi connectivity index (χ1n) is 5.76. The van der Waals surface area contributed by atoms with Crippen LogP contribution in [0.2, 0.25) is 13.1 Å². The average molecular weight is 241 g/mol. The molecule has 0 amide bonds. The second-order valence-electron chi connectivity index (χ2n) is 4.30. The van der Waals surface area contributed by atoms with Crippen molar-refractivity contribution < 1.29 is 0 Å². The van der Waals surface area contributed by atoms with Gasteiger partial charge in [0.05, 0.1) is 0 Å². The van der Waals surface area contributed by atoms with Gasteiger partial charge in [-0.15, -0.1) is 0 Å². The SMILES string of the molecule is C[SiH](C)[Si](c1ccccc1)c1ccccc1. The minimum Gasteiger partial charge on any atom is -0.0736 e. The number of rotatable bonds is 3. The summed E-state index contributed by atoms with van der Waals surface area (Å²) < 4.78 is 0. The van der Waals surface area contributed by atoms with Crippen LogP contribution in [0.1, 0.15) is 0 Å². The molecule has 2 aromatic carbocycles. The molecule has 0 aromatic heterocycles. The second-order valence-corrected chi connectivity index (χ2v) is 13.8. The quantitative estimate of drug-likeness (QED) is 0.720. The lowest BCUT2D eigenvalue weighted by Gasteiger charge is -2.18. The van der Waals surface area contributed by atoms with E-state index in [1.807, 2.05) is 0 Å². The van der Waals surface area contributed by atoms with Gasteiger partial charge in [-0.1, -0.05) is 84.1 Å². The maximum atomic E-state index is 2.47. The molecule has 0 atom stereocenters. The Labute approximate surface area is 101 Å². The van der Waals surface area contributed by atoms with Gasteiger partial charge in [0.1, 0.15) is 8.31 Å². The molecule has 0 aliphatic rings. The third-order valence-electron chi connectivity index (χ3n) is 2.75. The first-order chi connectivity index (χ1) is 7.79. The lowest BCUT2D eigenvalue weighted by Crippen LogP contribution is -2.51. The van der Waals surface area contributed by atoms with Crippen LogP contribution in [0.4, 0.5) is 0 Å². The van der Waals surface area contributed by atoms with Gasteiger partial charge in [0.15, 0.2) is 0 Å². The van der Waals surface area contributed by atoms with Crippen molar-refractivity contribution in [3.05, 3.63) is 60.7 Å². The summed E-state index contributed by atoms with van der Waals surface area (Å²) in [6, 6.07) is 22.1. The molecule has 0 aliphatic carbocycles. The van der Waals surface area contributed by atoms with E-state index in [1.54, 1.807) is 10.4 Å². The Kier molecular flexibility index (Phi) is 3.75. The fraction of sp³-hybridized carbons (Fsp3) is 0.143. The van der Waals surface area contributed by atoms with E-state index < -0.39 is 16.6 Å². The highest BCUT2D eigenvalue weighted by atomic mass is 29.2. The fourth-order valence-electron chi connectivity index (χ4n) is 2.07. The Morgan fingerprint density at radius 1 is 0.688 bits per heavy atom. The van der Waals surface area contributed by atoms with Crippen molar-refractivity contribution in [2.24, 2.45) is 0 Å². The zero-order valence-electron chi connectivity index (χ0n) is 9.85. The Hall–Kier alpha value is -1.13. The van der Waals surface area contributed by atoms with Crippen LogP contribution < -0.4 is 10.4 Å². The van der Waals surface area contributed by atoms with Crippen molar-refractivity contribution in [1.29, 1.82) is 0 Å². The van der Waals surface area contributed by atoms with Crippen LogP contribution in [0.5, 0.6) is 0 Å². The molecule has 0 N–H and O–H groups in total. The second kappa shape index (κ2) is 5.28. The topological polar surface area (TPSA) is 0 Å². The van der Waals surface area contributed by atoms with Gasteiger partial charge in [0.2, 0.25) is 0 Å². The summed E-state index contributed by atoms with van der Waals surface area (Å²) in [6.45, 7) is 4.93. The molecule has 81 valence electrons. The summed E-state index contributed by atoms with van der Waals surface area (Å²) in [7, 11) is -1.11. The van der Waals surface area contributed by atoms with Crippen LogP contribution >= 0.6 is 0 Å². The number of benzene rings is 2. The standard InChI is InChI=1S/C14H17Si2/c1-15(2)16(13-9-5-3-6-10-13)14-11-7-4-8-12-14/h3-12,15H,1-2H3. The van der Waals surface area contributed by atoms with Crippen molar-refractivity contribution in [1.82, 2.24) is 0 Å². The highest BCUT2D eigenvalue weighted by molar-refractivity contribution is 7.32. The highest BCUT2D eigenvalue weighted by Gasteiger charge is 2.20. The van der Waals surface area contributed by atoms with Crippen molar-refractivity contribution in [2.75, 3.05) is 0 Å². The molecule has 0 fully saturated rings. The Morgan fingerprint density at radius 2 is 1.06 bits per heavy atom. The molecule has 0 saturated carbocycles. The van der Waals surface area contributed by atoms with Gasteiger partial charge >= 0.3 is 0 Å². The third kappa shape index (κ3) is 2.51. The summed E-state index contributed by atoms with van der Waals surface area (Å²) in [5.74, 6) is 0. The van der Waals surface area contributed by atoms with Crippen LogP contribution in [-0.2, 0) is 0 Å². The summed E-state index contributed by atoms with van der Waals surface area (Å²) in [4.78, 5) is 0. The minimum absolute atomic E-state index is 0.478. The number of hydrogen-bond acceptors (Lipinski definition) is 0. The molecular weight excluding hydrogens is 224 g/mol. The van der Waals surface area contributed by atoms with Gasteiger partial charge < -0.3 is 0 Å². The van der Waals surface area contributed by atoms with Crippen LogP contribution in [0.3, 0.4) is 0 Å². The lowest BCUT2D eigenvalue weighted by molar-refractivity contribution is 1.74. The van der Waals surface area contributed by atoms with Gasteiger partial charge in [-0.3, -0.25) is 0 Å². The maximum Gasteiger partial charge on any atom is 0.108 e. The van der Waals surface area contributed by atoms with Crippen LogP contribution in [-0.4, -0.2) is 16.6 Å². The normalized spacial score (nSPS) is 11.0. The highest BCUT2D eigenvalue weighted by Crippen LogP contribution is 1.96. The third-order valence-corrected chi connectivity index (χ3v) is 11.3. The molecule has 0 nitrogen and oxygen atoms in total. The predicted octanol–water partition coefficient (Wildman–Crippen LogP) is 1.86. The van der Waals surface area contributed by atoms with Gasteiger partial charge in [0, 0.05) is 8.31 Å². The molecule has 1 radical (unpaired) electrons. The van der Waals surface area contributed by atoms with Crippen molar-refractivity contribution in [3.63, 3.8) is 0 Å². The first kappa shape index (κ1) is 11.4. The van der Waals surface area contributed by atoms with Crippen LogP contribution in [0, 0.1) is 0 Å². The molecule has 0 spiro atoms. The molecule has 0 aliphatic heterocycles. The van der Waals surface area contributed by atoms with Crippen LogP contribution in [0.15, 0.2) is 60.7 Å². The smallest absolute Gasteiger partial charge is 0.0736 e. The average Bonchev–Trinajstić information content (AvgIpc) is 2.31. The Bertz CT molecular complexity index is 384. The summed E-state index contributed by atoms with van der Waals surface area (Å²) >= 11 is 0. The zero-order valence-corrected chi connectivity index (χ0v) is 12.0. The zero-order chi connectivity index (χ0) is 11.4. The molecule has 0 bridgehead atoms. The molecule has 2 rings (SSSR count). The molecule has 0 heterocycles. The van der Waals surface area contributed by atoms with Gasteiger partial charge in [-0.05, 0) is 0 Å². The molecule has 2 aromatic rings. The first-order valence-corrected chi connectivity index (χ1v) is 11.4. The monoisotopic (exact) mass is 241 g/mol.